The van der Waals surface area contributed by atoms with E-state index in [9.17, 15) is 4.79 Å². The lowest BCUT2D eigenvalue weighted by molar-refractivity contribution is -0.120. The van der Waals surface area contributed by atoms with Gasteiger partial charge >= 0.3 is 0 Å². The Morgan fingerprint density at radius 3 is 2.64 bits per heavy atom. The molecule has 0 saturated carbocycles. The minimum Gasteiger partial charge on any atom is -0.494 e. The predicted molar refractivity (Wildman–Crippen MR) is 187 cm³/mol. The van der Waals surface area contributed by atoms with Crippen LogP contribution in [0.5, 0.6) is 5.75 Å². The number of amides is 1. The van der Waals surface area contributed by atoms with Crippen molar-refractivity contribution in [3.05, 3.63) is 58.7 Å². The molecule has 0 aromatic heterocycles. The molecule has 2 aromatic carbocycles. The maximum atomic E-state index is 11.7. The number of hydrogen-bond donors (Lipinski definition) is 0. The van der Waals surface area contributed by atoms with Crippen molar-refractivity contribution in [3.63, 3.8) is 0 Å². The minimum absolute atomic E-state index is 0.226. The van der Waals surface area contributed by atoms with Crippen molar-refractivity contribution in [2.45, 2.75) is 84.2 Å². The Morgan fingerprint density at radius 2 is 1.93 bits per heavy atom. The molecule has 0 aliphatic carbocycles. The van der Waals surface area contributed by atoms with Gasteiger partial charge in [0, 0.05) is 57.4 Å². The summed E-state index contributed by atoms with van der Waals surface area (Å²) in [6.45, 7) is 17.6. The normalized spacial score (nSPS) is 14.5. The van der Waals surface area contributed by atoms with Gasteiger partial charge in [-0.15, -0.1) is 0 Å². The molecule has 246 valence electrons. The van der Waals surface area contributed by atoms with E-state index < -0.39 is 0 Å². The number of hydrogen-bond acceptors (Lipinski definition) is 6. The first-order valence-corrected chi connectivity index (χ1v) is 16.8. The third-order valence-corrected chi connectivity index (χ3v) is 9.03. The second-order valence-electron chi connectivity index (χ2n) is 12.4. The van der Waals surface area contributed by atoms with E-state index in [1.54, 1.807) is 7.11 Å². The number of unbranched alkanes of at least 4 members (excludes halogenated alkanes) is 1. The number of methoxy groups -OCH3 is 1. The lowest BCUT2D eigenvalue weighted by atomic mass is 9.89. The molecule has 1 saturated heterocycles. The van der Waals surface area contributed by atoms with Crippen molar-refractivity contribution >= 4 is 18.8 Å². The maximum Gasteiger partial charge on any atom is 0.210 e. The third kappa shape index (κ3) is 11.9. The first kappa shape index (κ1) is 36.3. The van der Waals surface area contributed by atoms with E-state index in [-0.39, 0.29) is 6.04 Å². The number of piperidine rings is 1. The fourth-order valence-corrected chi connectivity index (χ4v) is 6.04. The number of ether oxygens (including phenoxy) is 2. The molecular weight excluding hydrogens is 560 g/mol. The number of likely N-dealkylation sites (tertiary alicyclic amines) is 1. The highest BCUT2D eigenvalue weighted by Crippen LogP contribution is 2.34. The smallest absolute Gasteiger partial charge is 0.210 e. The van der Waals surface area contributed by atoms with Crippen molar-refractivity contribution < 1.29 is 14.3 Å². The molecule has 0 N–H and O–H groups in total. The van der Waals surface area contributed by atoms with Crippen molar-refractivity contribution in [2.75, 3.05) is 60.1 Å². The highest BCUT2D eigenvalue weighted by molar-refractivity contribution is 5.57. The number of nitrogens with zero attached hydrogens (tertiary/aromatic N) is 4. The zero-order chi connectivity index (χ0) is 32.4. The van der Waals surface area contributed by atoms with Gasteiger partial charge in [-0.1, -0.05) is 43.4 Å². The summed E-state index contributed by atoms with van der Waals surface area (Å²) < 4.78 is 11.4. The largest absolute Gasteiger partial charge is 0.494 e. The zero-order valence-electron chi connectivity index (χ0n) is 28.5. The first-order chi connectivity index (χ1) is 21.9. The molecule has 1 amide bonds. The van der Waals surface area contributed by atoms with Crippen LogP contribution in [0.3, 0.4) is 0 Å². The average molecular weight is 617 g/mol. The van der Waals surface area contributed by atoms with Crippen LogP contribution in [-0.2, 0) is 16.1 Å². The van der Waals surface area contributed by atoms with E-state index in [4.69, 9.17) is 9.47 Å². The molecule has 0 radical (unpaired) electrons. The second-order valence-corrected chi connectivity index (χ2v) is 12.4. The lowest BCUT2D eigenvalue weighted by Gasteiger charge is -2.33. The Morgan fingerprint density at radius 1 is 1.16 bits per heavy atom. The molecule has 1 unspecified atom stereocenters. The van der Waals surface area contributed by atoms with Crippen molar-refractivity contribution in [1.29, 1.82) is 0 Å². The van der Waals surface area contributed by atoms with Crippen molar-refractivity contribution in [1.82, 2.24) is 14.7 Å². The summed E-state index contributed by atoms with van der Waals surface area (Å²) in [6, 6.07) is 12.8. The van der Waals surface area contributed by atoms with Gasteiger partial charge in [0.1, 0.15) is 11.4 Å². The van der Waals surface area contributed by atoms with Crippen LogP contribution in [0.4, 0.5) is 5.69 Å². The summed E-state index contributed by atoms with van der Waals surface area (Å²) >= 11 is 0. The molecule has 1 aliphatic rings. The molecule has 7 heteroatoms. The van der Waals surface area contributed by atoms with E-state index in [1.807, 2.05) is 17.0 Å². The molecule has 1 aliphatic heterocycles. The molecule has 0 spiro atoms. The quantitative estimate of drug-likeness (QED) is 0.0750. The molecule has 0 bridgehead atoms. The van der Waals surface area contributed by atoms with Crippen LogP contribution < -0.4 is 4.74 Å². The molecule has 2 aromatic rings. The van der Waals surface area contributed by atoms with Crippen LogP contribution >= 0.6 is 0 Å². The summed E-state index contributed by atoms with van der Waals surface area (Å²) in [5, 5.41) is 0. The van der Waals surface area contributed by atoms with Gasteiger partial charge in [-0.2, -0.15) is 0 Å². The molecule has 1 atom stereocenters. The number of benzene rings is 2. The standard InChI is InChI=1S/C38H56N4O3/c1-7-13-32(3)42(30-43)29-36-31(2)14-11-16-34(36)15-9-8-10-26-45-27-12-21-40(5)24-25-41-22-19-33(20-23-41)35-17-18-37(39-4)38(28-35)44-6/h11,14,16-18,28,30,32-33H,4,7-8,10,12-13,19-27,29H2,1-3,5-6H3. The molecule has 3 rings (SSSR count). The molecule has 45 heavy (non-hydrogen) atoms. The number of rotatable bonds is 19. The summed E-state index contributed by atoms with van der Waals surface area (Å²) in [6.07, 6.45) is 8.17. The summed E-state index contributed by atoms with van der Waals surface area (Å²) in [7, 11) is 3.90. The van der Waals surface area contributed by atoms with Gasteiger partial charge in [0.2, 0.25) is 6.41 Å². The van der Waals surface area contributed by atoms with Crippen LogP contribution in [-0.4, -0.2) is 94.0 Å². The van der Waals surface area contributed by atoms with Crippen LogP contribution in [0.2, 0.25) is 0 Å². The molecule has 1 fully saturated rings. The van der Waals surface area contributed by atoms with Gasteiger partial charge in [-0.3, -0.25) is 9.79 Å². The first-order valence-electron chi connectivity index (χ1n) is 16.8. The Balaban J connectivity index is 1.27. The fourth-order valence-electron chi connectivity index (χ4n) is 6.04. The van der Waals surface area contributed by atoms with E-state index in [2.05, 4.69) is 85.4 Å². The Hall–Kier alpha value is -3.18. The highest BCUT2D eigenvalue weighted by atomic mass is 16.5. The Bertz CT molecular complexity index is 1250. The second kappa shape index (κ2) is 20.0. The van der Waals surface area contributed by atoms with Gasteiger partial charge in [0.15, 0.2) is 0 Å². The average Bonchev–Trinajstić information content (AvgIpc) is 3.06. The SMILES string of the molecule is C=Nc1ccc(C2CCN(CCN(C)CCCOCCCC#Cc3cccc(C)c3CN(C=O)C(C)CCC)CC2)cc1OC. The molecular formula is C38H56N4O3. The van der Waals surface area contributed by atoms with Gasteiger partial charge in [-0.25, -0.2) is 0 Å². The highest BCUT2D eigenvalue weighted by Gasteiger charge is 2.21. The summed E-state index contributed by atoms with van der Waals surface area (Å²) in [4.78, 5) is 22.7. The topological polar surface area (TPSA) is 57.6 Å². The molecule has 1 heterocycles. The van der Waals surface area contributed by atoms with Crippen LogP contribution in [0.1, 0.15) is 87.0 Å². The molecule has 7 nitrogen and oxygen atoms in total. The van der Waals surface area contributed by atoms with E-state index in [1.165, 1.54) is 24.0 Å². The summed E-state index contributed by atoms with van der Waals surface area (Å²) in [5.74, 6) is 8.09. The van der Waals surface area contributed by atoms with E-state index in [0.717, 1.165) is 107 Å². The Kier molecular flexibility index (Phi) is 16.2. The summed E-state index contributed by atoms with van der Waals surface area (Å²) in [5.41, 5.74) is 5.51. The van der Waals surface area contributed by atoms with Crippen LogP contribution in [0.15, 0.2) is 41.4 Å². The number of aryl methyl sites for hydroxylation is 1. The van der Waals surface area contributed by atoms with Gasteiger partial charge in [0.25, 0.3) is 0 Å². The van der Waals surface area contributed by atoms with Gasteiger partial charge in [0.05, 0.1) is 7.11 Å². The lowest BCUT2D eigenvalue weighted by Crippen LogP contribution is -2.38. The van der Waals surface area contributed by atoms with Crippen molar-refractivity contribution in [3.8, 4) is 17.6 Å². The minimum atomic E-state index is 0.226. The van der Waals surface area contributed by atoms with Gasteiger partial charge in [-0.05, 0) is 114 Å². The van der Waals surface area contributed by atoms with Crippen LogP contribution in [0, 0.1) is 18.8 Å². The van der Waals surface area contributed by atoms with Crippen LogP contribution in [0.25, 0.3) is 0 Å². The number of carbonyl (C=O) groups excluding carboxylic acids is 1. The van der Waals surface area contributed by atoms with E-state index in [0.29, 0.717) is 12.5 Å². The van der Waals surface area contributed by atoms with Crippen molar-refractivity contribution in [2.24, 2.45) is 4.99 Å². The van der Waals surface area contributed by atoms with E-state index >= 15 is 0 Å². The zero-order valence-corrected chi connectivity index (χ0v) is 28.5. The number of aliphatic imine (C=N–C) groups is 1. The number of carbonyl (C=O) groups is 1. The third-order valence-electron chi connectivity index (χ3n) is 9.03. The maximum absolute atomic E-state index is 11.7. The van der Waals surface area contributed by atoms with Gasteiger partial charge < -0.3 is 24.2 Å². The monoisotopic (exact) mass is 616 g/mol. The Labute approximate surface area is 273 Å². The number of likely N-dealkylation sites (N-methyl/N-ethyl adjacent to an activating group) is 1. The predicted octanol–water partition coefficient (Wildman–Crippen LogP) is 6.83. The fraction of sp³-hybridized carbons (Fsp3) is 0.579.